The Balaban J connectivity index is 1.55. The number of carbonyl (C=O) groups excluding carboxylic acids is 3. The molecule has 4 amide bonds. The lowest BCUT2D eigenvalue weighted by Gasteiger charge is -2.37. The highest BCUT2D eigenvalue weighted by atomic mass is 16.2. The number of nitrogens with one attached hydrogen (secondary N) is 4. The molecule has 0 saturated carbocycles. The Kier molecular flexibility index (Phi) is 3.43. The van der Waals surface area contributed by atoms with Gasteiger partial charge in [-0.1, -0.05) is 0 Å². The van der Waals surface area contributed by atoms with Gasteiger partial charge in [0.2, 0.25) is 0 Å². The maximum Gasteiger partial charge on any atom is 0.322 e. The molecule has 2 aromatic rings. The average molecular weight is 357 g/mol. The van der Waals surface area contributed by atoms with Gasteiger partial charge in [-0.05, 0) is 31.0 Å². The fraction of sp³-hybridized carbons (Fsp3) is 0.312. The van der Waals surface area contributed by atoms with E-state index in [-0.39, 0.29) is 11.8 Å². The summed E-state index contributed by atoms with van der Waals surface area (Å²) >= 11 is 0. The van der Waals surface area contributed by atoms with Crippen LogP contribution in [0.15, 0.2) is 27.8 Å². The van der Waals surface area contributed by atoms with Gasteiger partial charge < -0.3 is 20.2 Å². The van der Waals surface area contributed by atoms with Crippen LogP contribution in [0.3, 0.4) is 0 Å². The number of nitrogens with zero attached hydrogens (tertiary/aromatic N) is 1. The van der Waals surface area contributed by atoms with Crippen LogP contribution in [0, 0.1) is 0 Å². The third-order valence-electron chi connectivity index (χ3n) is 4.89. The zero-order chi connectivity index (χ0) is 18.5. The number of amides is 4. The van der Waals surface area contributed by atoms with Crippen molar-refractivity contribution >= 4 is 28.9 Å². The molecule has 10 nitrogen and oxygen atoms in total. The third kappa shape index (κ3) is 2.46. The number of aromatic nitrogens is 2. The van der Waals surface area contributed by atoms with Crippen LogP contribution in [0.1, 0.15) is 23.2 Å². The van der Waals surface area contributed by atoms with Crippen molar-refractivity contribution in [2.24, 2.45) is 0 Å². The van der Waals surface area contributed by atoms with Crippen molar-refractivity contribution in [1.29, 1.82) is 0 Å². The lowest BCUT2D eigenvalue weighted by Crippen LogP contribution is -2.55. The van der Waals surface area contributed by atoms with Gasteiger partial charge in [0.1, 0.15) is 5.54 Å². The second-order valence-corrected chi connectivity index (χ2v) is 6.45. The van der Waals surface area contributed by atoms with Gasteiger partial charge in [-0.2, -0.15) is 0 Å². The molecule has 2 aliphatic rings. The standard InChI is InChI=1S/C16H15N5O5/c22-11-12(23)18-10-7-8(1-2-9(10)17-11)13(24)21-5-3-16(4-6-21)14(25)19-15(26)20-16/h1-2,7H,3-6H2,(H,17,22)(H,18,23)(H2,19,20,25,26). The van der Waals surface area contributed by atoms with Crippen LogP contribution in [-0.2, 0) is 4.79 Å². The predicted molar refractivity (Wildman–Crippen MR) is 89.7 cm³/mol. The van der Waals surface area contributed by atoms with E-state index in [0.717, 1.165) is 0 Å². The van der Waals surface area contributed by atoms with Crippen LogP contribution in [-0.4, -0.2) is 51.3 Å². The molecular weight excluding hydrogens is 342 g/mol. The Bertz CT molecular complexity index is 1060. The SMILES string of the molecule is O=C1NC(=O)C2(CCN(C(=O)c3ccc4[nH]c(=O)c(=O)[nH]c4c3)CC2)N1. The van der Waals surface area contributed by atoms with Gasteiger partial charge in [0.05, 0.1) is 11.0 Å². The summed E-state index contributed by atoms with van der Waals surface area (Å²) < 4.78 is 0. The number of imide groups is 1. The molecule has 2 aliphatic heterocycles. The normalized spacial score (nSPS) is 18.8. The van der Waals surface area contributed by atoms with Crippen molar-refractivity contribution in [2.75, 3.05) is 13.1 Å². The van der Waals surface area contributed by atoms with Gasteiger partial charge in [0.15, 0.2) is 0 Å². The fourth-order valence-corrected chi connectivity index (χ4v) is 3.40. The first-order valence-electron chi connectivity index (χ1n) is 8.07. The molecule has 1 aromatic carbocycles. The van der Waals surface area contributed by atoms with Gasteiger partial charge in [-0.25, -0.2) is 4.79 Å². The Morgan fingerprint density at radius 1 is 0.962 bits per heavy atom. The number of urea groups is 1. The zero-order valence-corrected chi connectivity index (χ0v) is 13.5. The third-order valence-corrected chi connectivity index (χ3v) is 4.89. The number of benzene rings is 1. The van der Waals surface area contributed by atoms with E-state index < -0.39 is 22.7 Å². The second kappa shape index (κ2) is 5.55. The molecule has 2 fully saturated rings. The number of rotatable bonds is 1. The smallest absolute Gasteiger partial charge is 0.322 e. The van der Waals surface area contributed by atoms with Crippen molar-refractivity contribution in [3.8, 4) is 0 Å². The highest BCUT2D eigenvalue weighted by Gasteiger charge is 2.48. The minimum absolute atomic E-state index is 0.251. The monoisotopic (exact) mass is 357 g/mol. The summed E-state index contributed by atoms with van der Waals surface area (Å²) in [6.07, 6.45) is 0.655. The molecule has 2 saturated heterocycles. The highest BCUT2D eigenvalue weighted by molar-refractivity contribution is 6.07. The van der Waals surface area contributed by atoms with E-state index in [0.29, 0.717) is 42.5 Å². The van der Waals surface area contributed by atoms with E-state index in [4.69, 9.17) is 0 Å². The van der Waals surface area contributed by atoms with Crippen molar-refractivity contribution in [3.63, 3.8) is 0 Å². The molecule has 0 aliphatic carbocycles. The van der Waals surface area contributed by atoms with E-state index in [2.05, 4.69) is 20.6 Å². The first-order chi connectivity index (χ1) is 12.4. The fourth-order valence-electron chi connectivity index (χ4n) is 3.40. The summed E-state index contributed by atoms with van der Waals surface area (Å²) in [7, 11) is 0. The quantitative estimate of drug-likeness (QED) is 0.383. The summed E-state index contributed by atoms with van der Waals surface area (Å²) in [4.78, 5) is 65.3. The van der Waals surface area contributed by atoms with Crippen molar-refractivity contribution in [3.05, 3.63) is 44.5 Å². The highest BCUT2D eigenvalue weighted by Crippen LogP contribution is 2.26. The van der Waals surface area contributed by atoms with Gasteiger partial charge in [0, 0.05) is 18.7 Å². The molecule has 134 valence electrons. The average Bonchev–Trinajstić information content (AvgIpc) is 2.89. The van der Waals surface area contributed by atoms with Crippen LogP contribution in [0.4, 0.5) is 4.79 Å². The Labute approximate surface area is 145 Å². The number of fused-ring (bicyclic) bond motifs is 1. The molecule has 4 N–H and O–H groups in total. The van der Waals surface area contributed by atoms with Crippen molar-refractivity contribution in [2.45, 2.75) is 18.4 Å². The molecule has 3 heterocycles. The number of hydrogen-bond donors (Lipinski definition) is 4. The number of likely N-dealkylation sites (tertiary alicyclic amines) is 1. The lowest BCUT2D eigenvalue weighted by molar-refractivity contribution is -0.125. The minimum atomic E-state index is -0.942. The summed E-state index contributed by atoms with van der Waals surface area (Å²) in [5, 5.41) is 4.87. The van der Waals surface area contributed by atoms with E-state index >= 15 is 0 Å². The largest absolute Gasteiger partial charge is 0.338 e. The molecule has 0 bridgehead atoms. The Hall–Kier alpha value is -3.43. The minimum Gasteiger partial charge on any atom is -0.338 e. The van der Waals surface area contributed by atoms with Crippen molar-refractivity contribution < 1.29 is 14.4 Å². The molecule has 0 radical (unpaired) electrons. The van der Waals surface area contributed by atoms with E-state index in [1.807, 2.05) is 0 Å². The zero-order valence-electron chi connectivity index (χ0n) is 13.5. The van der Waals surface area contributed by atoms with Gasteiger partial charge in [-0.15, -0.1) is 0 Å². The Morgan fingerprint density at radius 2 is 1.62 bits per heavy atom. The van der Waals surface area contributed by atoms with Crippen LogP contribution in [0.2, 0.25) is 0 Å². The van der Waals surface area contributed by atoms with Crippen molar-refractivity contribution in [1.82, 2.24) is 25.5 Å². The molecular formula is C16H15N5O5. The summed E-state index contributed by atoms with van der Waals surface area (Å²) in [5.74, 6) is -0.611. The van der Waals surface area contributed by atoms with E-state index in [1.54, 1.807) is 17.0 Å². The number of carbonyl (C=O) groups is 3. The first kappa shape index (κ1) is 16.1. The maximum atomic E-state index is 12.7. The maximum absolute atomic E-state index is 12.7. The topological polar surface area (TPSA) is 144 Å². The second-order valence-electron chi connectivity index (χ2n) is 6.45. The van der Waals surface area contributed by atoms with E-state index in [9.17, 15) is 24.0 Å². The summed E-state index contributed by atoms with van der Waals surface area (Å²) in [6.45, 7) is 0.624. The molecule has 0 unspecified atom stereocenters. The lowest BCUT2D eigenvalue weighted by atomic mass is 9.87. The van der Waals surface area contributed by atoms with Crippen LogP contribution in [0.5, 0.6) is 0 Å². The van der Waals surface area contributed by atoms with Gasteiger partial charge in [-0.3, -0.25) is 24.5 Å². The van der Waals surface area contributed by atoms with E-state index in [1.165, 1.54) is 6.07 Å². The number of piperidine rings is 1. The number of aromatic amines is 2. The van der Waals surface area contributed by atoms with Crippen LogP contribution >= 0.6 is 0 Å². The van der Waals surface area contributed by atoms with Crippen LogP contribution in [0.25, 0.3) is 11.0 Å². The summed E-state index contributed by atoms with van der Waals surface area (Å²) in [5.41, 5.74) is -1.34. The predicted octanol–water partition coefficient (Wildman–Crippen LogP) is -0.969. The molecule has 26 heavy (non-hydrogen) atoms. The summed E-state index contributed by atoms with van der Waals surface area (Å²) in [6, 6.07) is 4.11. The van der Waals surface area contributed by atoms with Gasteiger partial charge >= 0.3 is 17.1 Å². The number of hydrogen-bond acceptors (Lipinski definition) is 5. The van der Waals surface area contributed by atoms with Crippen LogP contribution < -0.4 is 21.8 Å². The molecule has 0 atom stereocenters. The molecule has 10 heteroatoms. The molecule has 4 rings (SSSR count). The number of H-pyrrole nitrogens is 2. The molecule has 1 spiro atoms. The Morgan fingerprint density at radius 3 is 2.23 bits per heavy atom. The first-order valence-corrected chi connectivity index (χ1v) is 8.07. The molecule has 1 aromatic heterocycles. The van der Waals surface area contributed by atoms with Gasteiger partial charge in [0.25, 0.3) is 11.8 Å².